The van der Waals surface area contributed by atoms with E-state index in [0.29, 0.717) is 0 Å². The first-order valence-electron chi connectivity index (χ1n) is 5.23. The van der Waals surface area contributed by atoms with Gasteiger partial charge in [0, 0.05) is 35.9 Å². The van der Waals surface area contributed by atoms with E-state index in [1.54, 1.807) is 0 Å². The highest BCUT2D eigenvalue weighted by molar-refractivity contribution is 5.83. The zero-order chi connectivity index (χ0) is 10.7. The van der Waals surface area contributed by atoms with E-state index < -0.39 is 0 Å². The number of aromatic nitrogens is 1. The Labute approximate surface area is 89.4 Å². The molecule has 3 nitrogen and oxygen atoms in total. The summed E-state index contributed by atoms with van der Waals surface area (Å²) in [7, 11) is 0. The van der Waals surface area contributed by atoms with E-state index >= 15 is 0 Å². The summed E-state index contributed by atoms with van der Waals surface area (Å²) < 4.78 is 7.52. The van der Waals surface area contributed by atoms with Gasteiger partial charge in [0.25, 0.3) is 0 Å². The molecule has 0 bridgehead atoms. The predicted molar refractivity (Wildman–Crippen MR) is 62.8 cm³/mol. The van der Waals surface area contributed by atoms with E-state index in [0.717, 1.165) is 25.4 Å². The quantitative estimate of drug-likeness (QED) is 0.613. The summed E-state index contributed by atoms with van der Waals surface area (Å²) in [6.07, 6.45) is 2.07. The molecule has 0 saturated heterocycles. The van der Waals surface area contributed by atoms with Gasteiger partial charge in [0.05, 0.1) is 6.61 Å². The highest BCUT2D eigenvalue weighted by Crippen LogP contribution is 2.18. The molecule has 0 unspecified atom stereocenters. The van der Waals surface area contributed by atoms with E-state index in [9.17, 15) is 0 Å². The standard InChI is InChI=1S/C12H16N2O/c1-2-15-8-7-14-6-5-10-9-11(13)3-4-12(10)14/h3-6,9H,2,7-8,13H2,1H3. The van der Waals surface area contributed by atoms with Gasteiger partial charge in [0.2, 0.25) is 0 Å². The molecule has 0 atom stereocenters. The van der Waals surface area contributed by atoms with Crippen LogP contribution in [0.25, 0.3) is 10.9 Å². The molecule has 0 aliphatic heterocycles. The fraction of sp³-hybridized carbons (Fsp3) is 0.333. The molecule has 0 saturated carbocycles. The van der Waals surface area contributed by atoms with Crippen molar-refractivity contribution in [1.82, 2.24) is 4.57 Å². The number of hydrogen-bond donors (Lipinski definition) is 1. The second-order valence-electron chi connectivity index (χ2n) is 3.52. The Morgan fingerprint density at radius 2 is 2.20 bits per heavy atom. The van der Waals surface area contributed by atoms with Crippen LogP contribution in [0.5, 0.6) is 0 Å². The first kappa shape index (κ1) is 10.1. The highest BCUT2D eigenvalue weighted by Gasteiger charge is 2.00. The van der Waals surface area contributed by atoms with Gasteiger partial charge in [-0.2, -0.15) is 0 Å². The van der Waals surface area contributed by atoms with Crippen molar-refractivity contribution in [2.45, 2.75) is 13.5 Å². The zero-order valence-electron chi connectivity index (χ0n) is 8.94. The Bertz CT molecular complexity index is 448. The van der Waals surface area contributed by atoms with E-state index in [2.05, 4.69) is 22.9 Å². The molecular weight excluding hydrogens is 188 g/mol. The van der Waals surface area contributed by atoms with Gasteiger partial charge >= 0.3 is 0 Å². The lowest BCUT2D eigenvalue weighted by atomic mass is 10.2. The number of ether oxygens (including phenoxy) is 1. The van der Waals surface area contributed by atoms with Crippen molar-refractivity contribution in [3.63, 3.8) is 0 Å². The van der Waals surface area contributed by atoms with Crippen LogP contribution in [0.4, 0.5) is 5.69 Å². The van der Waals surface area contributed by atoms with E-state index in [4.69, 9.17) is 10.5 Å². The monoisotopic (exact) mass is 204 g/mol. The fourth-order valence-corrected chi connectivity index (χ4v) is 1.72. The maximum absolute atomic E-state index is 5.72. The van der Waals surface area contributed by atoms with Gasteiger partial charge in [-0.25, -0.2) is 0 Å². The van der Waals surface area contributed by atoms with Crippen molar-refractivity contribution in [2.75, 3.05) is 18.9 Å². The van der Waals surface area contributed by atoms with Gasteiger partial charge < -0.3 is 15.0 Å². The van der Waals surface area contributed by atoms with Crippen LogP contribution >= 0.6 is 0 Å². The van der Waals surface area contributed by atoms with Crippen molar-refractivity contribution >= 4 is 16.6 Å². The summed E-state index contributed by atoms with van der Waals surface area (Å²) in [4.78, 5) is 0. The van der Waals surface area contributed by atoms with Crippen molar-refractivity contribution in [1.29, 1.82) is 0 Å². The Morgan fingerprint density at radius 1 is 1.33 bits per heavy atom. The molecule has 0 aliphatic rings. The summed E-state index contributed by atoms with van der Waals surface area (Å²) in [5, 5.41) is 1.19. The molecular formula is C12H16N2O. The largest absolute Gasteiger partial charge is 0.399 e. The Morgan fingerprint density at radius 3 is 3.00 bits per heavy atom. The van der Waals surface area contributed by atoms with Gasteiger partial charge in [-0.1, -0.05) is 0 Å². The second-order valence-corrected chi connectivity index (χ2v) is 3.52. The Kier molecular flexibility index (Phi) is 2.92. The van der Waals surface area contributed by atoms with Crippen molar-refractivity contribution in [3.8, 4) is 0 Å². The number of hydrogen-bond acceptors (Lipinski definition) is 2. The van der Waals surface area contributed by atoms with Crippen LogP contribution in [0.2, 0.25) is 0 Å². The SMILES string of the molecule is CCOCCn1ccc2cc(N)ccc21. The molecule has 0 aliphatic carbocycles. The minimum Gasteiger partial charge on any atom is -0.399 e. The lowest BCUT2D eigenvalue weighted by Gasteiger charge is -2.05. The molecule has 1 aromatic carbocycles. The number of anilines is 1. The number of nitrogens with zero attached hydrogens (tertiary/aromatic N) is 1. The van der Waals surface area contributed by atoms with Gasteiger partial charge in [0.1, 0.15) is 0 Å². The van der Waals surface area contributed by atoms with Crippen LogP contribution in [0.15, 0.2) is 30.5 Å². The number of fused-ring (bicyclic) bond motifs is 1. The molecule has 2 rings (SSSR count). The van der Waals surface area contributed by atoms with Gasteiger partial charge in [-0.3, -0.25) is 0 Å². The highest BCUT2D eigenvalue weighted by atomic mass is 16.5. The molecule has 0 fully saturated rings. The maximum atomic E-state index is 5.72. The number of benzene rings is 1. The van der Waals surface area contributed by atoms with Crippen molar-refractivity contribution in [2.24, 2.45) is 0 Å². The molecule has 80 valence electrons. The van der Waals surface area contributed by atoms with E-state index in [1.165, 1.54) is 10.9 Å². The smallest absolute Gasteiger partial charge is 0.0645 e. The van der Waals surface area contributed by atoms with Crippen LogP contribution in [0.1, 0.15) is 6.92 Å². The maximum Gasteiger partial charge on any atom is 0.0645 e. The predicted octanol–water partition coefficient (Wildman–Crippen LogP) is 2.26. The third kappa shape index (κ3) is 2.13. The van der Waals surface area contributed by atoms with E-state index in [-0.39, 0.29) is 0 Å². The summed E-state index contributed by atoms with van der Waals surface area (Å²) in [5.41, 5.74) is 7.74. The molecule has 2 N–H and O–H groups in total. The first-order valence-corrected chi connectivity index (χ1v) is 5.23. The Hall–Kier alpha value is -1.48. The first-order chi connectivity index (χ1) is 7.31. The third-order valence-electron chi connectivity index (χ3n) is 2.48. The minimum atomic E-state index is 0.755. The van der Waals surface area contributed by atoms with Crippen LogP contribution < -0.4 is 5.73 Å². The lowest BCUT2D eigenvalue weighted by molar-refractivity contribution is 0.140. The third-order valence-corrected chi connectivity index (χ3v) is 2.48. The molecule has 1 heterocycles. The van der Waals surface area contributed by atoms with Gasteiger partial charge in [-0.15, -0.1) is 0 Å². The van der Waals surface area contributed by atoms with Crippen LogP contribution in [0, 0.1) is 0 Å². The molecule has 0 spiro atoms. The van der Waals surface area contributed by atoms with E-state index in [1.807, 2.05) is 19.1 Å². The van der Waals surface area contributed by atoms with Crippen LogP contribution in [-0.2, 0) is 11.3 Å². The average Bonchev–Trinajstić information content (AvgIpc) is 2.61. The number of nitrogens with two attached hydrogens (primary N) is 1. The molecule has 0 radical (unpaired) electrons. The fourth-order valence-electron chi connectivity index (χ4n) is 1.72. The summed E-state index contributed by atoms with van der Waals surface area (Å²) >= 11 is 0. The Balaban J connectivity index is 2.21. The summed E-state index contributed by atoms with van der Waals surface area (Å²) in [5.74, 6) is 0. The van der Waals surface area contributed by atoms with Crippen LogP contribution in [0.3, 0.4) is 0 Å². The van der Waals surface area contributed by atoms with Gasteiger partial charge in [-0.05, 0) is 31.2 Å². The van der Waals surface area contributed by atoms with Gasteiger partial charge in [0.15, 0.2) is 0 Å². The molecule has 2 aromatic rings. The topological polar surface area (TPSA) is 40.2 Å². The zero-order valence-corrected chi connectivity index (χ0v) is 8.94. The number of nitrogen functional groups attached to an aromatic ring is 1. The number of rotatable bonds is 4. The second kappa shape index (κ2) is 4.36. The molecule has 15 heavy (non-hydrogen) atoms. The summed E-state index contributed by atoms with van der Waals surface area (Å²) in [6.45, 7) is 4.42. The molecule has 3 heteroatoms. The molecule has 1 aromatic heterocycles. The van der Waals surface area contributed by atoms with Crippen molar-refractivity contribution in [3.05, 3.63) is 30.5 Å². The lowest BCUT2D eigenvalue weighted by Crippen LogP contribution is -2.04. The molecule has 0 amide bonds. The summed E-state index contributed by atoms with van der Waals surface area (Å²) in [6, 6.07) is 8.06. The van der Waals surface area contributed by atoms with Crippen LogP contribution in [-0.4, -0.2) is 17.8 Å². The normalized spacial score (nSPS) is 11.0. The minimum absolute atomic E-state index is 0.755. The average molecular weight is 204 g/mol. The van der Waals surface area contributed by atoms with Crippen molar-refractivity contribution < 1.29 is 4.74 Å².